The van der Waals surface area contributed by atoms with Gasteiger partial charge in [-0.15, -0.1) is 11.8 Å². The number of hydrazine groups is 1. The molecule has 0 radical (unpaired) electrons. The van der Waals surface area contributed by atoms with E-state index in [9.17, 15) is 14.4 Å². The third-order valence-corrected chi connectivity index (χ3v) is 6.60. The van der Waals surface area contributed by atoms with Crippen molar-refractivity contribution in [3.63, 3.8) is 0 Å². The quantitative estimate of drug-likeness (QED) is 0.390. The zero-order chi connectivity index (χ0) is 21.8. The second kappa shape index (κ2) is 9.36. The first kappa shape index (κ1) is 21.1. The molecule has 2 aromatic carbocycles. The Bertz CT molecular complexity index is 1100. The van der Waals surface area contributed by atoms with Crippen LogP contribution in [0.25, 0.3) is 10.2 Å². The molecule has 4 rings (SSSR count). The summed E-state index contributed by atoms with van der Waals surface area (Å²) in [7, 11) is 0. The number of thiazole rings is 1. The molecule has 10 heteroatoms. The van der Waals surface area contributed by atoms with Crippen molar-refractivity contribution in [2.24, 2.45) is 5.92 Å². The van der Waals surface area contributed by atoms with Gasteiger partial charge >= 0.3 is 0 Å². The largest absolute Gasteiger partial charge is 0.352 e. The number of fused-ring (bicyclic) bond motifs is 1. The molecular weight excluding hydrogens is 434 g/mol. The molecule has 0 spiro atoms. The van der Waals surface area contributed by atoms with Gasteiger partial charge in [-0.3, -0.25) is 25.2 Å². The molecular formula is C21H21N5O3S2. The standard InChI is InChI=1S/C21H21N5O3S2/c1-30-15-6-4-5-14(10-15)26-12-13(9-19(26)28)20(29)25-24-18(27)11-22-21-23-16-7-2-3-8-17(16)31-21/h2-8,10,13H,9,11-12H2,1H3,(H,22,23)(H,24,27)(H,25,29)/t13-/m1/s1. The number of amides is 3. The minimum atomic E-state index is -0.525. The lowest BCUT2D eigenvalue weighted by atomic mass is 10.1. The Labute approximate surface area is 187 Å². The smallest absolute Gasteiger partial charge is 0.257 e. The number of nitrogens with zero attached hydrogens (tertiary/aromatic N) is 2. The summed E-state index contributed by atoms with van der Waals surface area (Å²) < 4.78 is 1.03. The van der Waals surface area contributed by atoms with Crippen molar-refractivity contribution < 1.29 is 14.4 Å². The highest BCUT2D eigenvalue weighted by atomic mass is 32.2. The van der Waals surface area contributed by atoms with Crippen LogP contribution in [0.5, 0.6) is 0 Å². The molecule has 1 fully saturated rings. The molecule has 31 heavy (non-hydrogen) atoms. The van der Waals surface area contributed by atoms with Crippen molar-refractivity contribution in [2.45, 2.75) is 11.3 Å². The minimum absolute atomic E-state index is 0.0305. The average Bonchev–Trinajstić information content (AvgIpc) is 3.39. The summed E-state index contributed by atoms with van der Waals surface area (Å²) in [5.41, 5.74) is 6.46. The van der Waals surface area contributed by atoms with Crippen LogP contribution in [0, 0.1) is 5.92 Å². The Hall–Kier alpha value is -3.11. The molecule has 1 aromatic heterocycles. The number of aromatic nitrogens is 1. The zero-order valence-electron chi connectivity index (χ0n) is 16.8. The molecule has 160 valence electrons. The average molecular weight is 456 g/mol. The molecule has 3 N–H and O–H groups in total. The Morgan fingerprint density at radius 1 is 1.19 bits per heavy atom. The number of nitrogens with one attached hydrogen (secondary N) is 3. The van der Waals surface area contributed by atoms with Gasteiger partial charge < -0.3 is 10.2 Å². The first-order valence-corrected chi connectivity index (χ1v) is 11.7. The third kappa shape index (κ3) is 4.97. The molecule has 0 aliphatic carbocycles. The van der Waals surface area contributed by atoms with Crippen molar-refractivity contribution >= 4 is 61.9 Å². The van der Waals surface area contributed by atoms with Gasteiger partial charge in [0.05, 0.1) is 22.7 Å². The monoisotopic (exact) mass is 455 g/mol. The molecule has 0 unspecified atom stereocenters. The molecule has 0 saturated carbocycles. The van der Waals surface area contributed by atoms with E-state index in [1.54, 1.807) is 16.7 Å². The molecule has 1 aliphatic rings. The number of hydrogen-bond donors (Lipinski definition) is 3. The number of benzene rings is 2. The number of carbonyl (C=O) groups is 3. The molecule has 3 amide bonds. The van der Waals surface area contributed by atoms with E-state index in [0.29, 0.717) is 5.13 Å². The summed E-state index contributed by atoms with van der Waals surface area (Å²) in [6.45, 7) is 0.250. The Balaban J connectivity index is 1.26. The maximum atomic E-state index is 12.4. The van der Waals surface area contributed by atoms with E-state index in [4.69, 9.17) is 0 Å². The lowest BCUT2D eigenvalue weighted by Crippen LogP contribution is -2.47. The second-order valence-electron chi connectivity index (χ2n) is 6.98. The van der Waals surface area contributed by atoms with E-state index in [1.807, 2.05) is 54.8 Å². The number of hydrogen-bond acceptors (Lipinski definition) is 7. The summed E-state index contributed by atoms with van der Waals surface area (Å²) in [5, 5.41) is 3.58. The highest BCUT2D eigenvalue weighted by molar-refractivity contribution is 7.98. The van der Waals surface area contributed by atoms with Crippen LogP contribution in [0.1, 0.15) is 6.42 Å². The summed E-state index contributed by atoms with van der Waals surface area (Å²) in [6.07, 6.45) is 2.07. The Morgan fingerprint density at radius 2 is 2.03 bits per heavy atom. The highest BCUT2D eigenvalue weighted by Gasteiger charge is 2.35. The zero-order valence-corrected chi connectivity index (χ0v) is 18.4. The third-order valence-electron chi connectivity index (χ3n) is 4.88. The van der Waals surface area contributed by atoms with Crippen LogP contribution < -0.4 is 21.1 Å². The summed E-state index contributed by atoms with van der Waals surface area (Å²) in [6, 6.07) is 15.3. The van der Waals surface area contributed by atoms with Crippen LogP contribution in [0.4, 0.5) is 10.8 Å². The second-order valence-corrected chi connectivity index (χ2v) is 8.89. The van der Waals surface area contributed by atoms with E-state index in [2.05, 4.69) is 21.2 Å². The number of thioether (sulfide) groups is 1. The predicted molar refractivity (Wildman–Crippen MR) is 123 cm³/mol. The number of rotatable bonds is 6. The van der Waals surface area contributed by atoms with Crippen LogP contribution in [-0.2, 0) is 14.4 Å². The van der Waals surface area contributed by atoms with E-state index in [1.165, 1.54) is 11.3 Å². The van der Waals surface area contributed by atoms with Gasteiger partial charge in [0, 0.05) is 23.5 Å². The van der Waals surface area contributed by atoms with Crippen LogP contribution in [-0.4, -0.2) is 42.1 Å². The van der Waals surface area contributed by atoms with Crippen LogP contribution in [0.2, 0.25) is 0 Å². The van der Waals surface area contributed by atoms with E-state index in [0.717, 1.165) is 20.8 Å². The Morgan fingerprint density at radius 3 is 2.84 bits per heavy atom. The molecule has 1 saturated heterocycles. The van der Waals surface area contributed by atoms with E-state index < -0.39 is 11.8 Å². The summed E-state index contributed by atoms with van der Waals surface area (Å²) in [4.78, 5) is 44.0. The first-order chi connectivity index (χ1) is 15.0. The van der Waals surface area contributed by atoms with Gasteiger partial charge in [-0.25, -0.2) is 4.98 Å². The van der Waals surface area contributed by atoms with Crippen molar-refractivity contribution in [3.05, 3.63) is 48.5 Å². The number of carbonyl (C=O) groups excluding carboxylic acids is 3. The first-order valence-electron chi connectivity index (χ1n) is 9.66. The predicted octanol–water partition coefficient (Wildman–Crippen LogP) is 2.63. The van der Waals surface area contributed by atoms with Crippen LogP contribution >= 0.6 is 23.1 Å². The molecule has 1 atom stereocenters. The maximum absolute atomic E-state index is 12.4. The van der Waals surface area contributed by atoms with E-state index >= 15 is 0 Å². The fourth-order valence-corrected chi connectivity index (χ4v) is 4.61. The minimum Gasteiger partial charge on any atom is -0.352 e. The molecule has 8 nitrogen and oxygen atoms in total. The van der Waals surface area contributed by atoms with Gasteiger partial charge in [-0.2, -0.15) is 0 Å². The Kier molecular flexibility index (Phi) is 6.38. The SMILES string of the molecule is CSc1cccc(N2C[C@H](C(=O)NNC(=O)CNc3nc4ccccc4s3)CC2=O)c1. The van der Waals surface area contributed by atoms with Gasteiger partial charge in [-0.05, 0) is 36.6 Å². The van der Waals surface area contributed by atoms with Crippen molar-refractivity contribution in [1.29, 1.82) is 0 Å². The lowest BCUT2D eigenvalue weighted by molar-refractivity contribution is -0.130. The van der Waals surface area contributed by atoms with Crippen molar-refractivity contribution in [2.75, 3.05) is 29.6 Å². The fourth-order valence-electron chi connectivity index (χ4n) is 3.29. The van der Waals surface area contributed by atoms with Gasteiger partial charge in [-0.1, -0.05) is 29.5 Å². The van der Waals surface area contributed by atoms with Gasteiger partial charge in [0.1, 0.15) is 0 Å². The molecule has 3 aromatic rings. The lowest BCUT2D eigenvalue weighted by Gasteiger charge is -2.17. The van der Waals surface area contributed by atoms with Gasteiger partial charge in [0.15, 0.2) is 5.13 Å². The van der Waals surface area contributed by atoms with Crippen molar-refractivity contribution in [3.8, 4) is 0 Å². The molecule has 0 bridgehead atoms. The fraction of sp³-hybridized carbons (Fsp3) is 0.238. The van der Waals surface area contributed by atoms with Crippen LogP contribution in [0.3, 0.4) is 0 Å². The topological polar surface area (TPSA) is 103 Å². The van der Waals surface area contributed by atoms with Crippen molar-refractivity contribution in [1.82, 2.24) is 15.8 Å². The van der Waals surface area contributed by atoms with Crippen LogP contribution in [0.15, 0.2) is 53.4 Å². The van der Waals surface area contributed by atoms with Gasteiger partial charge in [0.2, 0.25) is 11.8 Å². The number of anilines is 2. The van der Waals surface area contributed by atoms with E-state index in [-0.39, 0.29) is 31.3 Å². The van der Waals surface area contributed by atoms with Gasteiger partial charge in [0.25, 0.3) is 5.91 Å². The highest BCUT2D eigenvalue weighted by Crippen LogP contribution is 2.28. The summed E-state index contributed by atoms with van der Waals surface area (Å²) >= 11 is 3.04. The number of para-hydroxylation sites is 1. The maximum Gasteiger partial charge on any atom is 0.257 e. The summed E-state index contributed by atoms with van der Waals surface area (Å²) in [5.74, 6) is -1.42. The molecule has 1 aliphatic heterocycles. The molecule has 2 heterocycles. The normalized spacial score (nSPS) is 15.8.